The Balaban J connectivity index is 2.25. The van der Waals surface area contributed by atoms with Crippen molar-refractivity contribution in [2.75, 3.05) is 21.1 Å². The van der Waals surface area contributed by atoms with Crippen molar-refractivity contribution in [2.45, 2.75) is 89.1 Å². The summed E-state index contributed by atoms with van der Waals surface area (Å²) in [6.45, 7) is 2.41. The number of rotatable bonds is 5. The monoisotopic (exact) mass is 294 g/mol. The van der Waals surface area contributed by atoms with Crippen LogP contribution in [0.3, 0.4) is 0 Å². The van der Waals surface area contributed by atoms with Crippen molar-refractivity contribution in [3.63, 3.8) is 0 Å². The molecule has 0 aromatic carbocycles. The van der Waals surface area contributed by atoms with Crippen LogP contribution in [0.25, 0.3) is 0 Å². The fourth-order valence-corrected chi connectivity index (χ4v) is 5.44. The molecule has 21 heavy (non-hydrogen) atoms. The van der Waals surface area contributed by atoms with Gasteiger partial charge >= 0.3 is 0 Å². The van der Waals surface area contributed by atoms with Crippen LogP contribution in [-0.2, 0) is 0 Å². The summed E-state index contributed by atoms with van der Waals surface area (Å²) in [6.07, 6.45) is 15.7. The van der Waals surface area contributed by atoms with E-state index in [4.69, 9.17) is 0 Å². The van der Waals surface area contributed by atoms with Crippen molar-refractivity contribution in [3.05, 3.63) is 0 Å². The summed E-state index contributed by atoms with van der Waals surface area (Å²) < 4.78 is 0. The van der Waals surface area contributed by atoms with Gasteiger partial charge in [0, 0.05) is 11.6 Å². The molecule has 3 unspecified atom stereocenters. The van der Waals surface area contributed by atoms with Crippen molar-refractivity contribution in [3.8, 4) is 0 Å². The molecule has 2 fully saturated rings. The Morgan fingerprint density at radius 1 is 1.00 bits per heavy atom. The molecule has 1 N–H and O–H groups in total. The molecule has 2 aliphatic carbocycles. The highest BCUT2D eigenvalue weighted by molar-refractivity contribution is 5.03. The lowest BCUT2D eigenvalue weighted by Gasteiger charge is -2.51. The standard InChI is InChI=1S/C19H38N2/c1-5-16-12-8-9-13-17(16)18(20-2)19(21(3)4)14-10-6-7-11-15-19/h16-18,20H,5-15H2,1-4H3. The van der Waals surface area contributed by atoms with E-state index >= 15 is 0 Å². The van der Waals surface area contributed by atoms with Gasteiger partial charge in [-0.15, -0.1) is 0 Å². The second-order valence-electron chi connectivity index (χ2n) is 7.80. The van der Waals surface area contributed by atoms with Crippen molar-refractivity contribution in [2.24, 2.45) is 11.8 Å². The Kier molecular flexibility index (Phi) is 6.55. The first kappa shape index (κ1) is 17.3. The van der Waals surface area contributed by atoms with Gasteiger partial charge in [-0.2, -0.15) is 0 Å². The van der Waals surface area contributed by atoms with Crippen molar-refractivity contribution < 1.29 is 0 Å². The third-order valence-corrected chi connectivity index (χ3v) is 6.67. The highest BCUT2D eigenvalue weighted by Crippen LogP contribution is 2.43. The highest BCUT2D eigenvalue weighted by atomic mass is 15.2. The maximum atomic E-state index is 3.81. The van der Waals surface area contributed by atoms with Gasteiger partial charge in [-0.25, -0.2) is 0 Å². The van der Waals surface area contributed by atoms with Crippen LogP contribution in [0.4, 0.5) is 0 Å². The molecule has 0 radical (unpaired) electrons. The molecular formula is C19H38N2. The molecule has 0 aliphatic heterocycles. The van der Waals surface area contributed by atoms with Gasteiger partial charge in [0.15, 0.2) is 0 Å². The van der Waals surface area contributed by atoms with E-state index in [1.807, 2.05) is 0 Å². The quantitative estimate of drug-likeness (QED) is 0.754. The molecule has 0 heterocycles. The van der Waals surface area contributed by atoms with Crippen LogP contribution in [0.15, 0.2) is 0 Å². The van der Waals surface area contributed by atoms with Gasteiger partial charge in [0.05, 0.1) is 0 Å². The van der Waals surface area contributed by atoms with Crippen molar-refractivity contribution in [1.82, 2.24) is 10.2 Å². The molecule has 0 spiro atoms. The van der Waals surface area contributed by atoms with Gasteiger partial charge in [0.25, 0.3) is 0 Å². The van der Waals surface area contributed by atoms with Crippen LogP contribution in [0.2, 0.25) is 0 Å². The molecule has 0 saturated heterocycles. The predicted molar refractivity (Wildman–Crippen MR) is 92.7 cm³/mol. The molecule has 2 saturated carbocycles. The predicted octanol–water partition coefficient (Wildman–Crippen LogP) is 4.45. The zero-order chi connectivity index (χ0) is 15.3. The molecule has 2 nitrogen and oxygen atoms in total. The Morgan fingerprint density at radius 3 is 2.14 bits per heavy atom. The summed E-state index contributed by atoms with van der Waals surface area (Å²) in [6, 6.07) is 0.677. The van der Waals surface area contributed by atoms with E-state index in [0.717, 1.165) is 11.8 Å². The maximum Gasteiger partial charge on any atom is 0.0359 e. The summed E-state index contributed by atoms with van der Waals surface area (Å²) >= 11 is 0. The number of hydrogen-bond donors (Lipinski definition) is 1. The second-order valence-corrected chi connectivity index (χ2v) is 7.80. The van der Waals surface area contributed by atoms with Gasteiger partial charge in [-0.1, -0.05) is 58.3 Å². The largest absolute Gasteiger partial charge is 0.315 e. The first-order chi connectivity index (χ1) is 10.2. The second kappa shape index (κ2) is 7.97. The summed E-state index contributed by atoms with van der Waals surface area (Å²) in [5.74, 6) is 1.82. The molecule has 2 aliphatic rings. The number of nitrogens with zero attached hydrogens (tertiary/aromatic N) is 1. The van der Waals surface area contributed by atoms with Gasteiger partial charge in [0.1, 0.15) is 0 Å². The number of hydrogen-bond acceptors (Lipinski definition) is 2. The van der Waals surface area contributed by atoms with Crippen LogP contribution < -0.4 is 5.32 Å². The summed E-state index contributed by atoms with van der Waals surface area (Å²) in [4.78, 5) is 2.58. The Bertz CT molecular complexity index is 292. The normalized spacial score (nSPS) is 31.9. The Labute approximate surface area is 133 Å². The van der Waals surface area contributed by atoms with Gasteiger partial charge in [-0.3, -0.25) is 0 Å². The Hall–Kier alpha value is -0.0800. The lowest BCUT2D eigenvalue weighted by Crippen LogP contribution is -2.62. The third-order valence-electron chi connectivity index (χ3n) is 6.67. The van der Waals surface area contributed by atoms with Crippen LogP contribution in [0.5, 0.6) is 0 Å². The topological polar surface area (TPSA) is 15.3 Å². The van der Waals surface area contributed by atoms with Crippen LogP contribution in [-0.4, -0.2) is 37.6 Å². The number of likely N-dealkylation sites (N-methyl/N-ethyl adjacent to an activating group) is 2. The fraction of sp³-hybridized carbons (Fsp3) is 1.00. The molecule has 2 heteroatoms. The van der Waals surface area contributed by atoms with Crippen molar-refractivity contribution >= 4 is 0 Å². The lowest BCUT2D eigenvalue weighted by molar-refractivity contribution is 0.0256. The molecule has 2 rings (SSSR count). The molecule has 124 valence electrons. The minimum Gasteiger partial charge on any atom is -0.315 e. The molecular weight excluding hydrogens is 256 g/mol. The van der Waals surface area contributed by atoms with Crippen molar-refractivity contribution in [1.29, 1.82) is 0 Å². The van der Waals surface area contributed by atoms with Gasteiger partial charge in [0.2, 0.25) is 0 Å². The summed E-state index contributed by atoms with van der Waals surface area (Å²) in [7, 11) is 6.89. The first-order valence-corrected chi connectivity index (χ1v) is 9.50. The first-order valence-electron chi connectivity index (χ1n) is 9.50. The molecule has 0 aromatic heterocycles. The van der Waals surface area contributed by atoms with Crippen LogP contribution >= 0.6 is 0 Å². The molecule has 0 bridgehead atoms. The van der Waals surface area contributed by atoms with Gasteiger partial charge in [-0.05, 0) is 52.2 Å². The highest BCUT2D eigenvalue weighted by Gasteiger charge is 2.45. The van der Waals surface area contributed by atoms with E-state index in [2.05, 4.69) is 38.3 Å². The van der Waals surface area contributed by atoms with E-state index in [0.29, 0.717) is 11.6 Å². The lowest BCUT2D eigenvalue weighted by atomic mass is 9.66. The van der Waals surface area contributed by atoms with E-state index < -0.39 is 0 Å². The maximum absolute atomic E-state index is 3.81. The summed E-state index contributed by atoms with van der Waals surface area (Å²) in [5.41, 5.74) is 0.390. The third kappa shape index (κ3) is 3.64. The average molecular weight is 295 g/mol. The van der Waals surface area contributed by atoms with Crippen LogP contribution in [0, 0.1) is 11.8 Å². The Morgan fingerprint density at radius 2 is 1.62 bits per heavy atom. The zero-order valence-corrected chi connectivity index (χ0v) is 15.0. The SMILES string of the molecule is CCC1CCCCC1C(NC)C1(N(C)C)CCCCCC1. The van der Waals surface area contributed by atoms with E-state index in [1.165, 1.54) is 70.6 Å². The fourth-order valence-electron chi connectivity index (χ4n) is 5.44. The molecule has 0 aromatic rings. The smallest absolute Gasteiger partial charge is 0.0359 e. The minimum absolute atomic E-state index is 0.390. The molecule has 3 atom stereocenters. The van der Waals surface area contributed by atoms with Gasteiger partial charge < -0.3 is 10.2 Å². The zero-order valence-electron chi connectivity index (χ0n) is 15.0. The minimum atomic E-state index is 0.390. The number of nitrogens with one attached hydrogen (secondary N) is 1. The average Bonchev–Trinajstić information content (AvgIpc) is 2.75. The van der Waals surface area contributed by atoms with E-state index in [-0.39, 0.29) is 0 Å². The summed E-state index contributed by atoms with van der Waals surface area (Å²) in [5, 5.41) is 3.81. The van der Waals surface area contributed by atoms with E-state index in [9.17, 15) is 0 Å². The molecule has 0 amide bonds. The van der Waals surface area contributed by atoms with Crippen LogP contribution in [0.1, 0.15) is 77.6 Å². The van der Waals surface area contributed by atoms with E-state index in [1.54, 1.807) is 0 Å².